The maximum Gasteiger partial charge on any atom is 0.389 e. The predicted molar refractivity (Wildman–Crippen MR) is 280 cm³/mol. The second-order valence-electron chi connectivity index (χ2n) is 18.2. The molecule has 2 saturated heterocycles. The third-order valence-corrected chi connectivity index (χ3v) is 14.9. The van der Waals surface area contributed by atoms with Gasteiger partial charge in [-0.1, -0.05) is 88.4 Å². The SMILES string of the molecule is CC.CC(CCCC(=O)N1CCCC1)N(C)CCCC(F)(F)F.CNC(=O)c1cc2cc(CP(NC(C)C(=O)OCC(C)C)Oc3ccccc3)ccc2s1.O=CN1CCCC12CC2.c1ccccc1. The number of fused-ring (bicyclic) bond motifs is 1. The zero-order valence-electron chi connectivity index (χ0n) is 42.8. The van der Waals surface area contributed by atoms with Gasteiger partial charge in [-0.2, -0.15) is 13.2 Å². The van der Waals surface area contributed by atoms with Gasteiger partial charge < -0.3 is 29.3 Å². The standard InChI is InChI=1S/C24H29N2O4PS.C15H27F3N2O.C7H11NO.C6H6.C2H6/c1-16(2)14-29-24(28)17(3)26-31(30-20-8-6-5-7-9-20)15-18-10-11-21-19(12-18)13-22(32-21)23(27)25-4;1-13(19(2)10-6-9-15(16,17)18)7-5-8-14(21)20-11-3-4-12-20;9-6-8-5-1-2-7(8)3-4-7;1-2-4-6-5-3-1;1-2/h5-13,16-17,26H,14-15H2,1-4H3,(H,25,27);13H,3-12H2,1-2H3;6H,1-5H2;1-6H;1-2H3. The lowest BCUT2D eigenvalue weighted by Gasteiger charge is -2.25. The number of carbonyl (C=O) groups is 4. The van der Waals surface area contributed by atoms with Gasteiger partial charge in [0, 0.05) is 62.0 Å². The average molecular weight is 1010 g/mol. The van der Waals surface area contributed by atoms with Crippen molar-refractivity contribution < 1.29 is 41.6 Å². The minimum absolute atomic E-state index is 0.0854. The summed E-state index contributed by atoms with van der Waals surface area (Å²) in [6.45, 7) is 15.4. The van der Waals surface area contributed by atoms with Crippen molar-refractivity contribution in [3.63, 3.8) is 0 Å². The molecule has 70 heavy (non-hydrogen) atoms. The number of alkyl halides is 3. The number of benzene rings is 3. The van der Waals surface area contributed by atoms with E-state index in [1.807, 2.05) is 141 Å². The Hall–Kier alpha value is -4.56. The van der Waals surface area contributed by atoms with Crippen LogP contribution in [0.4, 0.5) is 13.2 Å². The molecule has 2 N–H and O–H groups in total. The number of nitrogens with zero attached hydrogens (tertiary/aromatic N) is 3. The van der Waals surface area contributed by atoms with Gasteiger partial charge in [-0.25, -0.2) is 0 Å². The highest BCUT2D eigenvalue weighted by Crippen LogP contribution is 2.48. The van der Waals surface area contributed by atoms with Crippen molar-refractivity contribution >= 4 is 53.9 Å². The molecule has 3 atom stereocenters. The first kappa shape index (κ1) is 59.7. The van der Waals surface area contributed by atoms with E-state index in [0.29, 0.717) is 36.2 Å². The average Bonchev–Trinajstić information content (AvgIpc) is 3.66. The van der Waals surface area contributed by atoms with Crippen molar-refractivity contribution in [3.8, 4) is 5.75 Å². The van der Waals surface area contributed by atoms with Crippen LogP contribution in [0, 0.1) is 5.92 Å². The number of hydrogen-bond donors (Lipinski definition) is 2. The van der Waals surface area contributed by atoms with Gasteiger partial charge in [0.05, 0.1) is 11.5 Å². The van der Waals surface area contributed by atoms with Crippen LogP contribution in [0.25, 0.3) is 10.1 Å². The summed E-state index contributed by atoms with van der Waals surface area (Å²) in [4.78, 5) is 53.1. The molecule has 0 radical (unpaired) electrons. The first-order valence-electron chi connectivity index (χ1n) is 25.0. The fourth-order valence-corrected chi connectivity index (χ4v) is 10.4. The molecule has 3 aromatic carbocycles. The van der Waals surface area contributed by atoms with E-state index in [9.17, 15) is 32.3 Å². The summed E-state index contributed by atoms with van der Waals surface area (Å²) in [5.74, 6) is 0.876. The fourth-order valence-electron chi connectivity index (χ4n) is 7.78. The predicted octanol–water partition coefficient (Wildman–Crippen LogP) is 12.3. The van der Waals surface area contributed by atoms with E-state index in [4.69, 9.17) is 9.26 Å². The summed E-state index contributed by atoms with van der Waals surface area (Å²) in [5, 5.41) is 7.01. The van der Waals surface area contributed by atoms with Crippen LogP contribution in [0.3, 0.4) is 0 Å². The second-order valence-corrected chi connectivity index (χ2v) is 20.8. The van der Waals surface area contributed by atoms with E-state index >= 15 is 0 Å². The maximum atomic E-state index is 12.4. The summed E-state index contributed by atoms with van der Waals surface area (Å²) in [7, 11) is 2.28. The number of rotatable bonds is 19. The van der Waals surface area contributed by atoms with Crippen LogP contribution >= 0.6 is 19.6 Å². The Morgan fingerprint density at radius 3 is 2.06 bits per heavy atom. The van der Waals surface area contributed by atoms with Gasteiger partial charge in [-0.15, -0.1) is 11.3 Å². The lowest BCUT2D eigenvalue weighted by atomic mass is 10.1. The molecule has 3 heterocycles. The maximum absolute atomic E-state index is 12.4. The number of carbonyl (C=O) groups excluding carboxylic acids is 4. The molecular formula is C54H79F3N5O6PS. The Morgan fingerprint density at radius 1 is 0.871 bits per heavy atom. The molecule has 4 aromatic rings. The number of nitrogens with one attached hydrogen (secondary N) is 2. The fraction of sp³-hybridized carbons (Fsp3) is 0.556. The third-order valence-electron chi connectivity index (χ3n) is 12.0. The minimum atomic E-state index is -4.06. The van der Waals surface area contributed by atoms with Gasteiger partial charge in [0.2, 0.25) is 12.3 Å². The smallest absolute Gasteiger partial charge is 0.389 e. The summed E-state index contributed by atoms with van der Waals surface area (Å²) in [6, 6.07) is 29.3. The topological polar surface area (TPSA) is 121 Å². The van der Waals surface area contributed by atoms with Gasteiger partial charge in [-0.05, 0) is 132 Å². The number of para-hydroxylation sites is 1. The highest BCUT2D eigenvalue weighted by Gasteiger charge is 2.50. The monoisotopic (exact) mass is 1010 g/mol. The van der Waals surface area contributed by atoms with Gasteiger partial charge in [0.15, 0.2) is 8.30 Å². The molecule has 1 aromatic heterocycles. The molecule has 0 bridgehead atoms. The van der Waals surface area contributed by atoms with Crippen LogP contribution in [0.5, 0.6) is 5.75 Å². The Kier molecular flexibility index (Phi) is 27.1. The van der Waals surface area contributed by atoms with Crippen LogP contribution in [0.15, 0.2) is 91.0 Å². The lowest BCUT2D eigenvalue weighted by molar-refractivity contribution is -0.146. The third kappa shape index (κ3) is 22.2. The Labute approximate surface area is 421 Å². The molecule has 1 aliphatic carbocycles. The Morgan fingerprint density at radius 2 is 1.50 bits per heavy atom. The molecule has 3 fully saturated rings. The number of esters is 1. The van der Waals surface area contributed by atoms with Gasteiger partial charge in [0.1, 0.15) is 11.8 Å². The molecule has 16 heteroatoms. The largest absolute Gasteiger partial charge is 0.464 e. The van der Waals surface area contributed by atoms with Crippen LogP contribution in [0.1, 0.15) is 127 Å². The van der Waals surface area contributed by atoms with E-state index < -0.39 is 26.9 Å². The van der Waals surface area contributed by atoms with E-state index in [1.165, 1.54) is 37.0 Å². The molecule has 3 unspecified atom stereocenters. The van der Waals surface area contributed by atoms with E-state index in [1.54, 1.807) is 14.0 Å². The zero-order chi connectivity index (χ0) is 51.5. The summed E-state index contributed by atoms with van der Waals surface area (Å²) < 4.78 is 48.9. The number of likely N-dealkylation sites (tertiary alicyclic amines) is 2. The molecule has 1 saturated carbocycles. The Balaban J connectivity index is 0.000000287. The normalized spacial score (nSPS) is 15.7. The Bertz CT molecular complexity index is 2080. The van der Waals surface area contributed by atoms with Gasteiger partial charge in [-0.3, -0.25) is 24.3 Å². The quantitative estimate of drug-likeness (QED) is 0.0541. The summed E-state index contributed by atoms with van der Waals surface area (Å²) in [5.41, 5.74) is 1.44. The lowest BCUT2D eigenvalue weighted by Crippen LogP contribution is -2.34. The van der Waals surface area contributed by atoms with Crippen LogP contribution < -0.4 is 14.9 Å². The summed E-state index contributed by atoms with van der Waals surface area (Å²) in [6.07, 6.45) is 6.37. The molecule has 1 spiro atoms. The minimum Gasteiger partial charge on any atom is -0.464 e. The molecule has 3 amide bonds. The van der Waals surface area contributed by atoms with Crippen molar-refractivity contribution in [1.82, 2.24) is 25.1 Å². The van der Waals surface area contributed by atoms with Crippen LogP contribution in [0.2, 0.25) is 0 Å². The number of hydrogen-bond acceptors (Lipinski definition) is 9. The van der Waals surface area contributed by atoms with E-state index in [2.05, 4.69) is 16.5 Å². The molecular weight excluding hydrogens is 935 g/mol. The first-order chi connectivity index (χ1) is 33.5. The van der Waals surface area contributed by atoms with E-state index in [0.717, 1.165) is 73.1 Å². The van der Waals surface area contributed by atoms with Crippen molar-refractivity contribution in [2.45, 2.75) is 142 Å². The van der Waals surface area contributed by atoms with Crippen molar-refractivity contribution in [3.05, 3.63) is 101 Å². The molecule has 3 aliphatic rings. The molecule has 7 rings (SSSR count). The highest BCUT2D eigenvalue weighted by molar-refractivity contribution is 7.50. The van der Waals surface area contributed by atoms with Gasteiger partial charge >= 0.3 is 12.1 Å². The van der Waals surface area contributed by atoms with Crippen molar-refractivity contribution in [2.75, 3.05) is 46.9 Å². The number of thiophene rings is 1. The molecule has 11 nitrogen and oxygen atoms in total. The van der Waals surface area contributed by atoms with E-state index in [-0.39, 0.29) is 36.2 Å². The first-order valence-corrected chi connectivity index (χ1v) is 27.2. The highest BCUT2D eigenvalue weighted by atomic mass is 32.1. The second kappa shape index (κ2) is 31.7. The zero-order valence-corrected chi connectivity index (χ0v) is 44.5. The van der Waals surface area contributed by atoms with Crippen molar-refractivity contribution in [2.24, 2.45) is 5.92 Å². The van der Waals surface area contributed by atoms with Crippen LogP contribution in [-0.4, -0.2) is 110 Å². The van der Waals surface area contributed by atoms with Gasteiger partial charge in [0.25, 0.3) is 5.91 Å². The molecule has 388 valence electrons. The van der Waals surface area contributed by atoms with Crippen LogP contribution in [-0.2, 0) is 25.3 Å². The summed E-state index contributed by atoms with van der Waals surface area (Å²) >= 11 is 1.47. The number of ether oxygens (including phenoxy) is 1. The van der Waals surface area contributed by atoms with Crippen molar-refractivity contribution in [1.29, 1.82) is 0 Å². The number of amides is 3. The number of halogens is 3. The molecule has 2 aliphatic heterocycles.